The number of hydrogen-bond donors (Lipinski definition) is 5. The molecule has 0 radical (unpaired) electrons. The minimum Gasteiger partial charge on any atom is -0.387 e. The van der Waals surface area contributed by atoms with Crippen molar-refractivity contribution in [3.05, 3.63) is 49.1 Å². The molecule has 0 aliphatic carbocycles. The monoisotopic (exact) mass is 558 g/mol. The number of urea groups is 1. The van der Waals surface area contributed by atoms with E-state index < -0.39 is 46.5 Å². The molecule has 39 heavy (non-hydrogen) atoms. The molecule has 2 aliphatic heterocycles. The highest BCUT2D eigenvalue weighted by molar-refractivity contribution is 7.89. The number of fused-ring (bicyclic) bond motifs is 1. The summed E-state index contributed by atoms with van der Waals surface area (Å²) in [5.41, 5.74) is 0.557. The van der Waals surface area contributed by atoms with Gasteiger partial charge in [-0.2, -0.15) is 4.31 Å². The Labute approximate surface area is 222 Å². The highest BCUT2D eigenvalue weighted by Crippen LogP contribution is 2.32. The molecule has 206 valence electrons. The number of nitrogens with zero attached hydrogens (tertiary/aromatic N) is 5. The zero-order valence-electron chi connectivity index (χ0n) is 20.6. The normalized spacial score (nSPS) is 23.3. The van der Waals surface area contributed by atoms with Crippen LogP contribution >= 0.6 is 0 Å². The predicted octanol–water partition coefficient (Wildman–Crippen LogP) is -0.214. The number of ether oxygens (including phenoxy) is 1. The predicted molar refractivity (Wildman–Crippen MR) is 137 cm³/mol. The molecule has 1 fully saturated rings. The highest BCUT2D eigenvalue weighted by atomic mass is 32.2. The largest absolute Gasteiger partial charge is 0.387 e. The minimum absolute atomic E-state index is 0.0245. The molecule has 3 amide bonds. The van der Waals surface area contributed by atoms with Gasteiger partial charge in [0, 0.05) is 25.3 Å². The van der Waals surface area contributed by atoms with Crippen molar-refractivity contribution < 1.29 is 33.0 Å². The fraction of sp³-hybridized carbons (Fsp3) is 0.348. The summed E-state index contributed by atoms with van der Waals surface area (Å²) in [6.07, 6.45) is 0.561. The molecule has 1 saturated heterocycles. The molecule has 0 unspecified atom stereocenters. The number of aromatic nitrogens is 4. The number of aliphatic hydroxyl groups is 2. The van der Waals surface area contributed by atoms with Crippen molar-refractivity contribution in [3.63, 3.8) is 0 Å². The lowest BCUT2D eigenvalue weighted by molar-refractivity contribution is -0.137. The van der Waals surface area contributed by atoms with Crippen LogP contribution < -0.4 is 16.0 Å². The Hall–Kier alpha value is -3.96. The van der Waals surface area contributed by atoms with Gasteiger partial charge in [-0.15, -0.1) is 0 Å². The van der Waals surface area contributed by atoms with E-state index in [2.05, 4.69) is 30.9 Å². The van der Waals surface area contributed by atoms with E-state index in [4.69, 9.17) is 4.74 Å². The lowest BCUT2D eigenvalue weighted by Gasteiger charge is -2.16. The second-order valence-electron chi connectivity index (χ2n) is 8.77. The molecule has 16 heteroatoms. The minimum atomic E-state index is -3.72. The van der Waals surface area contributed by atoms with Gasteiger partial charge in [0.25, 0.3) is 5.91 Å². The number of anilines is 2. The van der Waals surface area contributed by atoms with Crippen LogP contribution in [0.2, 0.25) is 0 Å². The molecule has 5 N–H and O–H groups in total. The van der Waals surface area contributed by atoms with Crippen LogP contribution in [0, 0.1) is 0 Å². The smallest absolute Gasteiger partial charge is 0.324 e. The maximum Gasteiger partial charge on any atom is 0.324 e. The average Bonchev–Trinajstić information content (AvgIpc) is 3.66. The molecule has 2 aromatic heterocycles. The van der Waals surface area contributed by atoms with Crippen LogP contribution in [-0.4, -0.2) is 92.3 Å². The fourth-order valence-electron chi connectivity index (χ4n) is 4.32. The second-order valence-corrected chi connectivity index (χ2v) is 10.7. The molecular formula is C23H26N8O7S. The van der Waals surface area contributed by atoms with Crippen LogP contribution in [0.15, 0.2) is 54.0 Å². The Kier molecular flexibility index (Phi) is 7.28. The number of carbonyl (C=O) groups is 2. The number of likely N-dealkylation sites (N-methyl/N-ethyl adjacent to an activating group) is 1. The third-order valence-corrected chi connectivity index (χ3v) is 8.05. The van der Waals surface area contributed by atoms with E-state index in [0.717, 1.165) is 6.33 Å². The first kappa shape index (κ1) is 26.6. The van der Waals surface area contributed by atoms with Crippen LogP contribution in [0.5, 0.6) is 0 Å². The van der Waals surface area contributed by atoms with Crippen LogP contribution in [-0.2, 0) is 19.6 Å². The van der Waals surface area contributed by atoms with E-state index in [0.29, 0.717) is 6.54 Å². The van der Waals surface area contributed by atoms with E-state index in [1.54, 1.807) is 25.1 Å². The Morgan fingerprint density at radius 1 is 1.10 bits per heavy atom. The number of imidazole rings is 1. The van der Waals surface area contributed by atoms with Crippen molar-refractivity contribution in [2.75, 3.05) is 30.3 Å². The molecule has 0 spiro atoms. The Morgan fingerprint density at radius 2 is 1.87 bits per heavy atom. The number of aliphatic hydroxyl groups excluding tert-OH is 2. The van der Waals surface area contributed by atoms with Crippen LogP contribution in [0.3, 0.4) is 0 Å². The number of sulfonamides is 1. The van der Waals surface area contributed by atoms with Gasteiger partial charge in [0.1, 0.15) is 18.5 Å². The summed E-state index contributed by atoms with van der Waals surface area (Å²) in [6, 6.07) is 5.15. The molecule has 0 saturated carbocycles. The van der Waals surface area contributed by atoms with Gasteiger partial charge in [-0.25, -0.2) is 28.2 Å². The van der Waals surface area contributed by atoms with Gasteiger partial charge >= 0.3 is 6.03 Å². The van der Waals surface area contributed by atoms with E-state index in [1.807, 2.05) is 0 Å². The molecule has 5 rings (SSSR count). The van der Waals surface area contributed by atoms with Gasteiger partial charge in [-0.3, -0.25) is 14.7 Å². The molecule has 4 atom stereocenters. The third kappa shape index (κ3) is 5.07. The summed E-state index contributed by atoms with van der Waals surface area (Å²) in [6.45, 7) is 2.60. The number of amides is 3. The van der Waals surface area contributed by atoms with Gasteiger partial charge < -0.3 is 25.6 Å². The van der Waals surface area contributed by atoms with Crippen molar-refractivity contribution in [1.29, 1.82) is 0 Å². The SMILES string of the molecule is CCNC(=O)[C@H]1O[C@@H](n2cnc3c(NC(=O)Nc4cccc(S(=O)(=O)N5CC=CC5)c4)ncnc32)[C@H](O)[C@@H]1O. The number of nitrogens with one attached hydrogen (secondary N) is 3. The van der Waals surface area contributed by atoms with Crippen molar-refractivity contribution in [2.45, 2.75) is 36.4 Å². The summed E-state index contributed by atoms with van der Waals surface area (Å²) in [5, 5.41) is 28.5. The number of hydrogen-bond acceptors (Lipinski definition) is 10. The van der Waals surface area contributed by atoms with Crippen molar-refractivity contribution in [1.82, 2.24) is 29.1 Å². The molecule has 1 aromatic carbocycles. The van der Waals surface area contributed by atoms with Gasteiger partial charge in [0.15, 0.2) is 29.3 Å². The lowest BCUT2D eigenvalue weighted by atomic mass is 10.1. The summed E-state index contributed by atoms with van der Waals surface area (Å²) in [5.74, 6) is -0.546. The van der Waals surface area contributed by atoms with Crippen LogP contribution in [0.25, 0.3) is 11.2 Å². The Bertz CT molecular complexity index is 1530. The second kappa shape index (κ2) is 10.7. The number of rotatable bonds is 7. The number of benzene rings is 1. The highest BCUT2D eigenvalue weighted by Gasteiger charge is 2.47. The zero-order chi connectivity index (χ0) is 27.7. The zero-order valence-corrected chi connectivity index (χ0v) is 21.4. The summed E-state index contributed by atoms with van der Waals surface area (Å²) >= 11 is 0. The maximum absolute atomic E-state index is 12.8. The van der Waals surface area contributed by atoms with E-state index in [1.165, 1.54) is 33.4 Å². The van der Waals surface area contributed by atoms with Gasteiger partial charge in [-0.1, -0.05) is 18.2 Å². The lowest BCUT2D eigenvalue weighted by Crippen LogP contribution is -2.42. The van der Waals surface area contributed by atoms with E-state index >= 15 is 0 Å². The first-order chi connectivity index (χ1) is 18.7. The molecule has 15 nitrogen and oxygen atoms in total. The van der Waals surface area contributed by atoms with E-state index in [9.17, 15) is 28.2 Å². The van der Waals surface area contributed by atoms with Crippen LogP contribution in [0.4, 0.5) is 16.3 Å². The molecule has 2 aliphatic rings. The molecular weight excluding hydrogens is 532 g/mol. The first-order valence-corrected chi connectivity index (χ1v) is 13.4. The fourth-order valence-corrected chi connectivity index (χ4v) is 5.71. The van der Waals surface area contributed by atoms with Crippen molar-refractivity contribution >= 4 is 44.6 Å². The van der Waals surface area contributed by atoms with Crippen molar-refractivity contribution in [2.24, 2.45) is 0 Å². The quantitative estimate of drug-likeness (QED) is 0.242. The summed E-state index contributed by atoms with van der Waals surface area (Å²) in [4.78, 5) is 37.4. The molecule has 3 aromatic rings. The van der Waals surface area contributed by atoms with Crippen LogP contribution in [0.1, 0.15) is 13.2 Å². The Balaban J connectivity index is 1.32. The number of carbonyl (C=O) groups excluding carboxylic acids is 2. The average molecular weight is 559 g/mol. The molecule has 4 heterocycles. The third-order valence-electron chi connectivity index (χ3n) is 6.23. The van der Waals surface area contributed by atoms with Gasteiger partial charge in [-0.05, 0) is 25.1 Å². The standard InChI is InChI=1S/C23H26N8O7S/c1-2-24-21(34)18-16(32)17(33)22(38-18)31-12-27-15-19(25-11-26-20(15)31)29-23(35)28-13-6-5-7-14(10-13)39(36,37)30-8-3-4-9-30/h3-7,10-12,16-18,22,32-33H,2,8-9H2,1H3,(H,24,34)(H2,25,26,28,29,35)/t16-,17+,18-,22+/m0/s1. The van der Waals surface area contributed by atoms with E-state index in [-0.39, 0.29) is 40.7 Å². The van der Waals surface area contributed by atoms with Crippen molar-refractivity contribution in [3.8, 4) is 0 Å². The summed E-state index contributed by atoms with van der Waals surface area (Å²) < 4.78 is 33.9. The first-order valence-electron chi connectivity index (χ1n) is 12.0. The summed E-state index contributed by atoms with van der Waals surface area (Å²) in [7, 11) is -3.72. The Morgan fingerprint density at radius 3 is 2.62 bits per heavy atom. The van der Waals surface area contributed by atoms with Gasteiger partial charge in [0.05, 0.1) is 11.2 Å². The topological polar surface area (TPSA) is 201 Å². The maximum atomic E-state index is 12.8. The van der Waals surface area contributed by atoms with Gasteiger partial charge in [0.2, 0.25) is 10.0 Å². The molecule has 0 bridgehead atoms.